The van der Waals surface area contributed by atoms with Gasteiger partial charge in [-0.15, -0.1) is 0 Å². The SMILES string of the molecule is [Zn+2].c1ccc2cc3nc4c(nc3cc2c1)-c1nc-4nc2[n-]c(nc3nc(nc4[n-]c(n1)c1nc5cc6ccccc6cc5nc41)-c1nc4cc5ccccc5cc4nc1-3)c1nc3cc4ccccc4cc3nc21. The largest absolute Gasteiger partial charge is 2.00 e. The molecule has 0 unspecified atom stereocenters. The van der Waals surface area contributed by atoms with Crippen molar-refractivity contribution in [2.24, 2.45) is 0 Å². The van der Waals surface area contributed by atoms with E-state index in [1.54, 1.807) is 0 Å². The van der Waals surface area contributed by atoms with Crippen LogP contribution in [0.2, 0.25) is 0 Å². The van der Waals surface area contributed by atoms with Gasteiger partial charge in [0.15, 0.2) is 0 Å². The van der Waals surface area contributed by atoms with E-state index in [1.165, 1.54) is 0 Å². The molecule has 73 heavy (non-hydrogen) atoms. The van der Waals surface area contributed by atoms with Gasteiger partial charge in [0.2, 0.25) is 0 Å². The van der Waals surface area contributed by atoms with E-state index in [9.17, 15) is 0 Å². The molecular formula is C56H24N16Zn. The molecule has 330 valence electrons. The molecule has 0 saturated carbocycles. The van der Waals surface area contributed by atoms with Crippen molar-refractivity contribution in [1.29, 1.82) is 0 Å². The maximum atomic E-state index is 5.19. The minimum Gasteiger partial charge on any atom is -0.354 e. The number of nitrogens with zero attached hydrogens (tertiary/aromatic N) is 16. The number of aromatic nitrogens is 16. The Morgan fingerprint density at radius 3 is 0.616 bits per heavy atom. The van der Waals surface area contributed by atoms with Crippen molar-refractivity contribution in [3.63, 3.8) is 0 Å². The third-order valence-electron chi connectivity index (χ3n) is 13.5. The molecule has 0 radical (unpaired) electrons. The summed E-state index contributed by atoms with van der Waals surface area (Å²) in [6.07, 6.45) is 0. The Hall–Kier alpha value is -9.86. The molecule has 16 nitrogen and oxygen atoms in total. The molecular weight excluding hydrogens is 962 g/mol. The zero-order chi connectivity index (χ0) is 46.8. The summed E-state index contributed by atoms with van der Waals surface area (Å²) in [6.45, 7) is 0. The molecule has 17 heteroatoms. The van der Waals surface area contributed by atoms with Gasteiger partial charge in [-0.2, -0.15) is 0 Å². The molecule has 17 rings (SSSR count). The number of benzene rings is 8. The zero-order valence-electron chi connectivity index (χ0n) is 37.7. The second-order valence-electron chi connectivity index (χ2n) is 17.9. The molecule has 8 aromatic carbocycles. The molecule has 0 N–H and O–H groups in total. The molecule has 0 spiro atoms. The molecule has 0 amide bonds. The fourth-order valence-electron chi connectivity index (χ4n) is 10.1. The Balaban J connectivity index is 0.00000456. The molecule has 9 heterocycles. The van der Waals surface area contributed by atoms with Gasteiger partial charge in [-0.25, -0.2) is 49.8 Å². The summed E-state index contributed by atoms with van der Waals surface area (Å²) in [7, 11) is 0. The average molecular weight is 986 g/mol. The van der Waals surface area contributed by atoms with E-state index in [2.05, 4.69) is 0 Å². The average Bonchev–Trinajstić information content (AvgIpc) is 4.12. The summed E-state index contributed by atoms with van der Waals surface area (Å²) in [6, 6.07) is 48.5. The van der Waals surface area contributed by atoms with Crippen LogP contribution in [0.5, 0.6) is 0 Å². The first-order valence-electron chi connectivity index (χ1n) is 23.1. The van der Waals surface area contributed by atoms with Crippen LogP contribution < -0.4 is 9.97 Å². The first kappa shape index (κ1) is 39.9. The number of hydrogen-bond donors (Lipinski definition) is 0. The van der Waals surface area contributed by atoms with E-state index in [1.807, 2.05) is 146 Å². The second-order valence-corrected chi connectivity index (χ2v) is 17.9. The molecule has 0 atom stereocenters. The van der Waals surface area contributed by atoms with E-state index >= 15 is 0 Å². The molecule has 2 aliphatic heterocycles. The third kappa shape index (κ3) is 5.96. The summed E-state index contributed by atoms with van der Waals surface area (Å²) in [5.41, 5.74) is 9.37. The molecule has 0 fully saturated rings. The summed E-state index contributed by atoms with van der Waals surface area (Å²) in [5, 5.41) is 8.12. The normalized spacial score (nSPS) is 12.3. The zero-order valence-corrected chi connectivity index (χ0v) is 40.7. The molecule has 15 aromatic rings. The molecule has 8 bridgehead atoms. The quantitative estimate of drug-likeness (QED) is 0.102. The van der Waals surface area contributed by atoms with Gasteiger partial charge in [0.1, 0.15) is 68.1 Å². The molecule has 0 aliphatic carbocycles. The van der Waals surface area contributed by atoms with Crippen molar-refractivity contribution in [2.45, 2.75) is 0 Å². The van der Waals surface area contributed by atoms with Gasteiger partial charge in [-0.1, -0.05) is 97.1 Å². The van der Waals surface area contributed by atoms with E-state index < -0.39 is 0 Å². The van der Waals surface area contributed by atoms with E-state index in [0.29, 0.717) is 89.0 Å². The predicted molar refractivity (Wildman–Crippen MR) is 276 cm³/mol. The van der Waals surface area contributed by atoms with Crippen LogP contribution in [-0.4, -0.2) is 69.8 Å². The van der Waals surface area contributed by atoms with Crippen molar-refractivity contribution in [2.75, 3.05) is 0 Å². The van der Waals surface area contributed by atoms with Crippen molar-refractivity contribution in [1.82, 2.24) is 79.7 Å². The summed E-state index contributed by atoms with van der Waals surface area (Å²) >= 11 is 0. The topological polar surface area (TPSA) is 209 Å². The van der Waals surface area contributed by atoms with Gasteiger partial charge in [-0.05, 0) is 91.6 Å². The first-order valence-corrected chi connectivity index (χ1v) is 23.1. The Morgan fingerprint density at radius 1 is 0.219 bits per heavy atom. The van der Waals surface area contributed by atoms with Crippen LogP contribution >= 0.6 is 0 Å². The Kier molecular flexibility index (Phi) is 7.99. The van der Waals surface area contributed by atoms with Crippen LogP contribution in [0.25, 0.3) is 178 Å². The van der Waals surface area contributed by atoms with Crippen LogP contribution in [0.4, 0.5) is 0 Å². The smallest absolute Gasteiger partial charge is 0.354 e. The fraction of sp³-hybridized carbons (Fsp3) is 0. The van der Waals surface area contributed by atoms with Crippen LogP contribution in [0.1, 0.15) is 0 Å². The van der Waals surface area contributed by atoms with Crippen molar-refractivity contribution in [3.05, 3.63) is 146 Å². The summed E-state index contributed by atoms with van der Waals surface area (Å²) < 4.78 is 0. The van der Waals surface area contributed by atoms with Crippen molar-refractivity contribution >= 4 is 132 Å². The van der Waals surface area contributed by atoms with Crippen LogP contribution in [0, 0.1) is 0 Å². The Bertz CT molecular complexity index is 4570. The maximum Gasteiger partial charge on any atom is 2.00 e. The molecule has 7 aromatic heterocycles. The third-order valence-corrected chi connectivity index (χ3v) is 13.5. The molecule has 0 saturated heterocycles. The van der Waals surface area contributed by atoms with Crippen LogP contribution in [0.15, 0.2) is 146 Å². The predicted octanol–water partition coefficient (Wildman–Crippen LogP) is 10.5. The van der Waals surface area contributed by atoms with Crippen LogP contribution in [-0.2, 0) is 19.5 Å². The van der Waals surface area contributed by atoms with Gasteiger partial charge in [0, 0.05) is 22.6 Å². The standard InChI is InChI=1S/C56H24N16.Zn/c1-2-10-26-18-34-33(17-25(26)9-1)57-41-42(58-34)50-65-49(41)69-51-43-44(60-36-20-28-12-4-3-11-27(28)19-35(36)59-43)53(66-51)71-55-47-48(64-40-24-32-16-8-7-15-31(32)23-39(40)63-47)56(68-55)72-54-46-45(52(67-54)70-50)61-37-21-29-13-5-6-14-30(29)22-38(37)62-46;/h1-24H;/q-2;+2. The number of hydrogen-bond acceptors (Lipinski definition) is 14. The number of rotatable bonds is 0. The Labute approximate surface area is 420 Å². The monoisotopic (exact) mass is 984 g/mol. The van der Waals surface area contributed by atoms with Gasteiger partial charge < -0.3 is 29.9 Å². The minimum absolute atomic E-state index is 0. The van der Waals surface area contributed by atoms with Gasteiger partial charge in [0.25, 0.3) is 0 Å². The molecule has 2 aliphatic rings. The van der Waals surface area contributed by atoms with Crippen LogP contribution in [0.3, 0.4) is 0 Å². The van der Waals surface area contributed by atoms with Crippen molar-refractivity contribution < 1.29 is 19.5 Å². The van der Waals surface area contributed by atoms with Gasteiger partial charge in [-0.3, -0.25) is 0 Å². The summed E-state index contributed by atoms with van der Waals surface area (Å²) in [4.78, 5) is 82.5. The van der Waals surface area contributed by atoms with Gasteiger partial charge >= 0.3 is 19.5 Å². The minimum atomic E-state index is 0. The fourth-order valence-corrected chi connectivity index (χ4v) is 10.1. The summed E-state index contributed by atoms with van der Waals surface area (Å²) in [5.74, 6) is 0.879. The van der Waals surface area contributed by atoms with Crippen molar-refractivity contribution in [3.8, 4) is 46.1 Å². The number of fused-ring (bicyclic) bond motifs is 28. The van der Waals surface area contributed by atoms with Gasteiger partial charge in [0.05, 0.1) is 44.1 Å². The van der Waals surface area contributed by atoms with E-state index in [0.717, 1.165) is 43.1 Å². The second kappa shape index (κ2) is 14.6. The van der Waals surface area contributed by atoms with E-state index in [4.69, 9.17) is 79.7 Å². The Morgan fingerprint density at radius 2 is 0.411 bits per heavy atom. The van der Waals surface area contributed by atoms with E-state index in [-0.39, 0.29) is 65.4 Å². The first-order chi connectivity index (χ1) is 35.5. The maximum absolute atomic E-state index is 5.19.